The van der Waals surface area contributed by atoms with E-state index in [1.165, 1.54) is 25.7 Å². The molecule has 0 aliphatic heterocycles. The first-order valence-electron chi connectivity index (χ1n) is 8.55. The number of benzene rings is 1. The number of hydrogen-bond donors (Lipinski definition) is 3. The molecular formula is C18H31IN4O. The van der Waals surface area contributed by atoms with Gasteiger partial charge in [0.1, 0.15) is 0 Å². The number of amides is 1. The standard InChI is InChI=1S/C18H30N4O.HI/c1-3-4-5-9-13-21-18(19-2)22-15-10-14-20-17(23)16-11-7-6-8-12-16;/h6-8,11-12H,3-5,9-10,13-15H2,1-2H3,(H,20,23)(H2,19,21,22);1H. The molecule has 0 aliphatic rings. The minimum Gasteiger partial charge on any atom is -0.356 e. The minimum absolute atomic E-state index is 0. The predicted octanol–water partition coefficient (Wildman–Crippen LogP) is 3.17. The van der Waals surface area contributed by atoms with Gasteiger partial charge in [-0.1, -0.05) is 44.4 Å². The number of unbranched alkanes of at least 4 members (excludes halogenated alkanes) is 3. The van der Waals surface area contributed by atoms with Crippen LogP contribution in [0.2, 0.25) is 0 Å². The Hall–Kier alpha value is -1.31. The van der Waals surface area contributed by atoms with Crippen molar-refractivity contribution in [2.75, 3.05) is 26.7 Å². The smallest absolute Gasteiger partial charge is 0.251 e. The van der Waals surface area contributed by atoms with Crippen molar-refractivity contribution in [3.8, 4) is 0 Å². The Balaban J connectivity index is 0.00000529. The summed E-state index contributed by atoms with van der Waals surface area (Å²) in [6.07, 6.45) is 5.82. The Labute approximate surface area is 163 Å². The molecule has 0 heterocycles. The second kappa shape index (κ2) is 15.2. The van der Waals surface area contributed by atoms with Gasteiger partial charge in [-0.05, 0) is 25.0 Å². The number of carbonyl (C=O) groups is 1. The summed E-state index contributed by atoms with van der Waals surface area (Å²) in [5.41, 5.74) is 0.699. The van der Waals surface area contributed by atoms with Crippen molar-refractivity contribution in [1.82, 2.24) is 16.0 Å². The second-order valence-electron chi connectivity index (χ2n) is 5.46. The van der Waals surface area contributed by atoms with Crippen molar-refractivity contribution in [3.05, 3.63) is 35.9 Å². The molecule has 0 saturated carbocycles. The topological polar surface area (TPSA) is 65.5 Å². The van der Waals surface area contributed by atoms with Crippen LogP contribution in [0.5, 0.6) is 0 Å². The van der Waals surface area contributed by atoms with Gasteiger partial charge < -0.3 is 16.0 Å². The van der Waals surface area contributed by atoms with Crippen molar-refractivity contribution < 1.29 is 4.79 Å². The zero-order valence-electron chi connectivity index (χ0n) is 14.8. The van der Waals surface area contributed by atoms with Gasteiger partial charge in [0.15, 0.2) is 5.96 Å². The fourth-order valence-electron chi connectivity index (χ4n) is 2.17. The van der Waals surface area contributed by atoms with E-state index in [2.05, 4.69) is 27.9 Å². The number of hydrogen-bond acceptors (Lipinski definition) is 2. The second-order valence-corrected chi connectivity index (χ2v) is 5.46. The molecule has 3 N–H and O–H groups in total. The fraction of sp³-hybridized carbons (Fsp3) is 0.556. The molecule has 0 atom stereocenters. The van der Waals surface area contributed by atoms with E-state index in [4.69, 9.17) is 0 Å². The van der Waals surface area contributed by atoms with Gasteiger partial charge in [0.25, 0.3) is 5.91 Å². The van der Waals surface area contributed by atoms with Crippen molar-refractivity contribution in [2.24, 2.45) is 4.99 Å². The zero-order valence-corrected chi connectivity index (χ0v) is 17.1. The lowest BCUT2D eigenvalue weighted by atomic mass is 10.2. The predicted molar refractivity (Wildman–Crippen MR) is 112 cm³/mol. The molecule has 0 spiro atoms. The third kappa shape index (κ3) is 10.5. The lowest BCUT2D eigenvalue weighted by molar-refractivity contribution is 0.0953. The Morgan fingerprint density at radius 3 is 2.17 bits per heavy atom. The average molecular weight is 446 g/mol. The highest BCUT2D eigenvalue weighted by Crippen LogP contribution is 1.98. The van der Waals surface area contributed by atoms with Gasteiger partial charge in [0.2, 0.25) is 0 Å². The largest absolute Gasteiger partial charge is 0.356 e. The van der Waals surface area contributed by atoms with Crippen LogP contribution in [-0.4, -0.2) is 38.5 Å². The van der Waals surface area contributed by atoms with Crippen LogP contribution in [0.1, 0.15) is 49.4 Å². The summed E-state index contributed by atoms with van der Waals surface area (Å²) in [4.78, 5) is 16.1. The number of halogens is 1. The molecule has 0 bridgehead atoms. The molecule has 1 rings (SSSR count). The molecule has 0 aliphatic carbocycles. The highest BCUT2D eigenvalue weighted by molar-refractivity contribution is 14.0. The first kappa shape index (κ1) is 22.7. The summed E-state index contributed by atoms with van der Waals surface area (Å²) < 4.78 is 0. The molecule has 136 valence electrons. The van der Waals surface area contributed by atoms with Gasteiger partial charge in [-0.3, -0.25) is 9.79 Å². The van der Waals surface area contributed by atoms with Crippen LogP contribution in [0.4, 0.5) is 0 Å². The molecule has 1 aromatic carbocycles. The fourth-order valence-corrected chi connectivity index (χ4v) is 2.17. The minimum atomic E-state index is -0.0240. The van der Waals surface area contributed by atoms with Crippen molar-refractivity contribution in [3.63, 3.8) is 0 Å². The number of aliphatic imine (C=N–C) groups is 1. The summed E-state index contributed by atoms with van der Waals surface area (Å²) >= 11 is 0. The van der Waals surface area contributed by atoms with Gasteiger partial charge in [-0.25, -0.2) is 0 Å². The third-order valence-corrected chi connectivity index (χ3v) is 3.51. The van der Waals surface area contributed by atoms with E-state index in [-0.39, 0.29) is 29.9 Å². The summed E-state index contributed by atoms with van der Waals surface area (Å²) in [6, 6.07) is 9.27. The van der Waals surface area contributed by atoms with Crippen LogP contribution < -0.4 is 16.0 Å². The van der Waals surface area contributed by atoms with Crippen molar-refractivity contribution >= 4 is 35.8 Å². The highest BCUT2D eigenvalue weighted by Gasteiger charge is 2.03. The maximum Gasteiger partial charge on any atom is 0.251 e. The van der Waals surface area contributed by atoms with E-state index in [9.17, 15) is 4.79 Å². The number of nitrogens with zero attached hydrogens (tertiary/aromatic N) is 1. The Morgan fingerprint density at radius 2 is 1.54 bits per heavy atom. The maximum atomic E-state index is 11.9. The van der Waals surface area contributed by atoms with Crippen LogP contribution >= 0.6 is 24.0 Å². The Morgan fingerprint density at radius 1 is 0.917 bits per heavy atom. The monoisotopic (exact) mass is 446 g/mol. The summed E-state index contributed by atoms with van der Waals surface area (Å²) in [5, 5.41) is 9.48. The number of rotatable bonds is 10. The lowest BCUT2D eigenvalue weighted by Gasteiger charge is -2.12. The molecule has 0 fully saturated rings. The number of nitrogens with one attached hydrogen (secondary N) is 3. The van der Waals surface area contributed by atoms with Crippen molar-refractivity contribution in [1.29, 1.82) is 0 Å². The van der Waals surface area contributed by atoms with Gasteiger partial charge in [0.05, 0.1) is 0 Å². The SMILES string of the molecule is CCCCCCNC(=NC)NCCCNC(=O)c1ccccc1.I. The van der Waals surface area contributed by atoms with E-state index < -0.39 is 0 Å². The zero-order chi connectivity index (χ0) is 16.8. The quantitative estimate of drug-likeness (QED) is 0.224. The van der Waals surface area contributed by atoms with Gasteiger partial charge >= 0.3 is 0 Å². The average Bonchev–Trinajstić information content (AvgIpc) is 2.60. The molecule has 0 saturated heterocycles. The molecular weight excluding hydrogens is 415 g/mol. The molecule has 6 heteroatoms. The molecule has 1 aromatic rings. The van der Waals surface area contributed by atoms with Crippen LogP contribution in [-0.2, 0) is 0 Å². The Bertz CT molecular complexity index is 465. The number of guanidine groups is 1. The van der Waals surface area contributed by atoms with Gasteiger partial charge in [-0.2, -0.15) is 0 Å². The van der Waals surface area contributed by atoms with Crippen LogP contribution in [0.15, 0.2) is 35.3 Å². The third-order valence-electron chi connectivity index (χ3n) is 3.51. The molecule has 1 amide bonds. The van der Waals surface area contributed by atoms with E-state index in [0.717, 1.165) is 25.5 Å². The maximum absolute atomic E-state index is 11.9. The van der Waals surface area contributed by atoms with Crippen molar-refractivity contribution in [2.45, 2.75) is 39.0 Å². The van der Waals surface area contributed by atoms with Crippen LogP contribution in [0.25, 0.3) is 0 Å². The van der Waals surface area contributed by atoms with Crippen LogP contribution in [0.3, 0.4) is 0 Å². The van der Waals surface area contributed by atoms with E-state index in [1.54, 1.807) is 7.05 Å². The molecule has 0 radical (unpaired) electrons. The van der Waals surface area contributed by atoms with E-state index >= 15 is 0 Å². The molecule has 5 nitrogen and oxygen atoms in total. The normalized spacial score (nSPS) is 10.7. The first-order valence-corrected chi connectivity index (χ1v) is 8.55. The van der Waals surface area contributed by atoms with Crippen LogP contribution in [0, 0.1) is 0 Å². The summed E-state index contributed by atoms with van der Waals surface area (Å²) in [7, 11) is 1.78. The first-order chi connectivity index (χ1) is 11.3. The molecule has 24 heavy (non-hydrogen) atoms. The molecule has 0 unspecified atom stereocenters. The van der Waals surface area contributed by atoms with E-state index in [0.29, 0.717) is 12.1 Å². The summed E-state index contributed by atoms with van der Waals surface area (Å²) in [6.45, 7) is 4.59. The lowest BCUT2D eigenvalue weighted by Crippen LogP contribution is -2.39. The van der Waals surface area contributed by atoms with E-state index in [1.807, 2.05) is 30.3 Å². The summed E-state index contributed by atoms with van der Waals surface area (Å²) in [5.74, 6) is 0.805. The molecule has 0 aromatic heterocycles. The van der Waals surface area contributed by atoms with Gasteiger partial charge in [0, 0.05) is 32.2 Å². The highest BCUT2D eigenvalue weighted by atomic mass is 127. The Kier molecular flexibility index (Phi) is 14.4. The van der Waals surface area contributed by atoms with Gasteiger partial charge in [-0.15, -0.1) is 24.0 Å². The number of carbonyl (C=O) groups excluding carboxylic acids is 1.